The monoisotopic (exact) mass is 277 g/mol. The second-order valence-electron chi connectivity index (χ2n) is 4.77. The molecular weight excluding hydrogens is 261 g/mol. The number of benzene rings is 1. The summed E-state index contributed by atoms with van der Waals surface area (Å²) in [7, 11) is 0. The minimum Gasteiger partial charge on any atom is -0.480 e. The molecule has 1 N–H and O–H groups in total. The summed E-state index contributed by atoms with van der Waals surface area (Å²) in [6.07, 6.45) is 4.90. The molecule has 1 atom stereocenters. The predicted octanol–water partition coefficient (Wildman–Crippen LogP) is 2.30. The van der Waals surface area contributed by atoms with Crippen molar-refractivity contribution in [2.24, 2.45) is 0 Å². The molecule has 4 nitrogen and oxygen atoms in total. The Hall–Kier alpha value is -2.17. The maximum atomic E-state index is 13.0. The lowest BCUT2D eigenvalue weighted by Crippen LogP contribution is -2.47. The number of piperidine rings is 1. The van der Waals surface area contributed by atoms with Crippen LogP contribution in [0.15, 0.2) is 30.3 Å². The van der Waals surface area contributed by atoms with Gasteiger partial charge in [-0.1, -0.05) is 12.1 Å². The molecule has 0 bridgehead atoms. The van der Waals surface area contributed by atoms with E-state index in [4.69, 9.17) is 5.11 Å². The van der Waals surface area contributed by atoms with E-state index in [2.05, 4.69) is 0 Å². The summed E-state index contributed by atoms with van der Waals surface area (Å²) in [5, 5.41) is 9.11. The molecule has 1 aromatic carbocycles. The number of rotatable bonds is 3. The zero-order valence-corrected chi connectivity index (χ0v) is 11.0. The Bertz CT molecular complexity index is 542. The van der Waals surface area contributed by atoms with Crippen molar-refractivity contribution in [3.8, 4) is 0 Å². The fourth-order valence-electron chi connectivity index (χ4n) is 2.33. The van der Waals surface area contributed by atoms with Crippen molar-refractivity contribution in [2.45, 2.75) is 25.3 Å². The number of carboxylic acid groups (broad SMARTS) is 1. The molecule has 1 fully saturated rings. The van der Waals surface area contributed by atoms with E-state index in [0.29, 0.717) is 18.5 Å². The number of carbonyl (C=O) groups excluding carboxylic acids is 1. The van der Waals surface area contributed by atoms with Crippen LogP contribution >= 0.6 is 0 Å². The molecule has 106 valence electrons. The first-order valence-electron chi connectivity index (χ1n) is 6.55. The van der Waals surface area contributed by atoms with Gasteiger partial charge in [-0.25, -0.2) is 9.18 Å². The van der Waals surface area contributed by atoms with Crippen LogP contribution in [0.5, 0.6) is 0 Å². The second-order valence-corrected chi connectivity index (χ2v) is 4.77. The Morgan fingerprint density at radius 2 is 2.15 bits per heavy atom. The van der Waals surface area contributed by atoms with Crippen molar-refractivity contribution >= 4 is 18.0 Å². The van der Waals surface area contributed by atoms with Gasteiger partial charge in [0.1, 0.15) is 11.9 Å². The Morgan fingerprint density at radius 3 is 2.85 bits per heavy atom. The molecular formula is C15H16FNO3. The Balaban J connectivity index is 2.08. The van der Waals surface area contributed by atoms with Gasteiger partial charge in [0.05, 0.1) is 0 Å². The maximum absolute atomic E-state index is 13.0. The fourth-order valence-corrected chi connectivity index (χ4v) is 2.33. The van der Waals surface area contributed by atoms with E-state index in [0.717, 1.165) is 12.8 Å². The van der Waals surface area contributed by atoms with Gasteiger partial charge in [-0.05, 0) is 43.0 Å². The number of aliphatic carboxylic acids is 1. The van der Waals surface area contributed by atoms with Crippen molar-refractivity contribution in [3.63, 3.8) is 0 Å². The van der Waals surface area contributed by atoms with Gasteiger partial charge in [0, 0.05) is 12.6 Å². The topological polar surface area (TPSA) is 57.6 Å². The number of halogens is 1. The van der Waals surface area contributed by atoms with Crippen molar-refractivity contribution in [3.05, 3.63) is 41.7 Å². The standard InChI is InChI=1S/C15H16FNO3/c16-12-5-3-4-11(10-12)7-8-14(18)17-9-2-1-6-13(17)15(19)20/h3-5,7-8,10,13H,1-2,6,9H2,(H,19,20)/t13-/m1/s1. The van der Waals surface area contributed by atoms with Gasteiger partial charge in [0.25, 0.3) is 0 Å². The van der Waals surface area contributed by atoms with Crippen LogP contribution in [0.25, 0.3) is 6.08 Å². The third-order valence-corrected chi connectivity index (χ3v) is 3.34. The molecule has 20 heavy (non-hydrogen) atoms. The van der Waals surface area contributed by atoms with Crippen LogP contribution in [0.4, 0.5) is 4.39 Å². The summed E-state index contributed by atoms with van der Waals surface area (Å²) < 4.78 is 13.0. The second kappa shape index (κ2) is 6.32. The minimum absolute atomic E-state index is 0.346. The van der Waals surface area contributed by atoms with Crippen LogP contribution < -0.4 is 0 Å². The molecule has 0 aromatic heterocycles. The fraction of sp³-hybridized carbons (Fsp3) is 0.333. The minimum atomic E-state index is -0.975. The quantitative estimate of drug-likeness (QED) is 0.862. The molecule has 1 aliphatic rings. The third kappa shape index (κ3) is 3.44. The Kier molecular flexibility index (Phi) is 4.50. The number of hydrogen-bond acceptors (Lipinski definition) is 2. The summed E-state index contributed by atoms with van der Waals surface area (Å²) in [5.74, 6) is -1.69. The molecule has 0 radical (unpaired) electrons. The summed E-state index contributed by atoms with van der Waals surface area (Å²) in [4.78, 5) is 24.5. The SMILES string of the molecule is O=C(O)[C@H]1CCCCN1C(=O)C=Cc1cccc(F)c1. The van der Waals surface area contributed by atoms with Crippen molar-refractivity contribution in [1.29, 1.82) is 0 Å². The zero-order chi connectivity index (χ0) is 14.5. The lowest BCUT2D eigenvalue weighted by Gasteiger charge is -2.32. The number of nitrogens with zero attached hydrogens (tertiary/aromatic N) is 1. The average molecular weight is 277 g/mol. The highest BCUT2D eigenvalue weighted by atomic mass is 19.1. The highest BCUT2D eigenvalue weighted by Gasteiger charge is 2.30. The first-order valence-corrected chi connectivity index (χ1v) is 6.55. The van der Waals surface area contributed by atoms with Crippen LogP contribution in [-0.2, 0) is 9.59 Å². The van der Waals surface area contributed by atoms with Crippen LogP contribution in [0.2, 0.25) is 0 Å². The smallest absolute Gasteiger partial charge is 0.326 e. The summed E-state index contributed by atoms with van der Waals surface area (Å²) in [6, 6.07) is 5.12. The van der Waals surface area contributed by atoms with E-state index in [9.17, 15) is 14.0 Å². The largest absolute Gasteiger partial charge is 0.480 e. The molecule has 1 aromatic rings. The van der Waals surface area contributed by atoms with Crippen LogP contribution in [0, 0.1) is 5.82 Å². The van der Waals surface area contributed by atoms with E-state index in [1.807, 2.05) is 0 Å². The summed E-state index contributed by atoms with van der Waals surface area (Å²) in [6.45, 7) is 0.448. The molecule has 1 aliphatic heterocycles. The average Bonchev–Trinajstić information content (AvgIpc) is 2.45. The third-order valence-electron chi connectivity index (χ3n) is 3.34. The van der Waals surface area contributed by atoms with Crippen LogP contribution in [0.1, 0.15) is 24.8 Å². The predicted molar refractivity (Wildman–Crippen MR) is 72.4 cm³/mol. The zero-order valence-electron chi connectivity index (χ0n) is 11.0. The van der Waals surface area contributed by atoms with Crippen LogP contribution in [-0.4, -0.2) is 34.5 Å². The van der Waals surface area contributed by atoms with Crippen molar-refractivity contribution in [1.82, 2.24) is 4.90 Å². The van der Waals surface area contributed by atoms with Crippen molar-refractivity contribution in [2.75, 3.05) is 6.54 Å². The highest BCUT2D eigenvalue weighted by molar-refractivity contribution is 5.94. The molecule has 0 saturated carbocycles. The van der Waals surface area contributed by atoms with E-state index in [1.165, 1.54) is 29.2 Å². The normalized spacial score (nSPS) is 19.2. The van der Waals surface area contributed by atoms with E-state index in [1.54, 1.807) is 12.1 Å². The first-order chi connectivity index (χ1) is 9.58. The van der Waals surface area contributed by atoms with Crippen LogP contribution in [0.3, 0.4) is 0 Å². The summed E-state index contributed by atoms with van der Waals surface area (Å²) in [5.41, 5.74) is 0.572. The maximum Gasteiger partial charge on any atom is 0.326 e. The lowest BCUT2D eigenvalue weighted by atomic mass is 10.0. The molecule has 0 aliphatic carbocycles. The number of hydrogen-bond donors (Lipinski definition) is 1. The number of likely N-dealkylation sites (tertiary alicyclic amines) is 1. The molecule has 5 heteroatoms. The Morgan fingerprint density at radius 1 is 1.35 bits per heavy atom. The highest BCUT2D eigenvalue weighted by Crippen LogP contribution is 2.18. The van der Waals surface area contributed by atoms with Crippen molar-refractivity contribution < 1.29 is 19.1 Å². The molecule has 2 rings (SSSR count). The lowest BCUT2D eigenvalue weighted by molar-refractivity contribution is -0.150. The molecule has 1 saturated heterocycles. The van der Waals surface area contributed by atoms with Gasteiger partial charge in [-0.2, -0.15) is 0 Å². The van der Waals surface area contributed by atoms with Gasteiger partial charge in [0.2, 0.25) is 5.91 Å². The van der Waals surface area contributed by atoms with E-state index >= 15 is 0 Å². The summed E-state index contributed by atoms with van der Waals surface area (Å²) >= 11 is 0. The van der Waals surface area contributed by atoms with Gasteiger partial charge in [-0.3, -0.25) is 4.79 Å². The van der Waals surface area contributed by atoms with E-state index in [-0.39, 0.29) is 11.7 Å². The van der Waals surface area contributed by atoms with E-state index < -0.39 is 12.0 Å². The number of amides is 1. The number of carbonyl (C=O) groups is 2. The Labute approximate surface area is 116 Å². The first kappa shape index (κ1) is 14.2. The van der Waals surface area contributed by atoms with Gasteiger partial charge in [-0.15, -0.1) is 0 Å². The molecule has 0 unspecified atom stereocenters. The van der Waals surface area contributed by atoms with Gasteiger partial charge < -0.3 is 10.0 Å². The molecule has 1 amide bonds. The number of carboxylic acids is 1. The molecule has 1 heterocycles. The van der Waals surface area contributed by atoms with Gasteiger partial charge >= 0.3 is 5.97 Å². The van der Waals surface area contributed by atoms with Gasteiger partial charge in [0.15, 0.2) is 0 Å². The molecule has 0 spiro atoms.